The van der Waals surface area contributed by atoms with E-state index < -0.39 is 8.32 Å². The van der Waals surface area contributed by atoms with Crippen molar-refractivity contribution in [3.8, 4) is 0 Å². The van der Waals surface area contributed by atoms with Crippen LogP contribution in [0.25, 0.3) is 0 Å². The molecule has 0 bridgehead atoms. The summed E-state index contributed by atoms with van der Waals surface area (Å²) in [6.07, 6.45) is 10.9. The number of allylic oxidation sites excluding steroid dienone is 2. The van der Waals surface area contributed by atoms with Gasteiger partial charge in [-0.1, -0.05) is 26.8 Å². The minimum absolute atomic E-state index is 0.172. The first-order chi connectivity index (χ1) is 7.81. The molecule has 2 heteroatoms. The molecule has 0 saturated heterocycles. The molecule has 0 saturated carbocycles. The highest BCUT2D eigenvalue weighted by Crippen LogP contribution is 2.41. The van der Waals surface area contributed by atoms with E-state index in [4.69, 9.17) is 4.43 Å². The maximum Gasteiger partial charge on any atom is 0.193 e. The molecular formula is C15H25OSi. The zero-order valence-corrected chi connectivity index (χ0v) is 12.9. The molecule has 0 aliphatic heterocycles. The predicted molar refractivity (Wildman–Crippen MR) is 75.4 cm³/mol. The lowest BCUT2D eigenvalue weighted by Crippen LogP contribution is -2.43. The Morgan fingerprint density at radius 3 is 2.53 bits per heavy atom. The molecule has 0 aromatic carbocycles. The van der Waals surface area contributed by atoms with Crippen molar-refractivity contribution in [1.29, 1.82) is 0 Å². The molecule has 95 valence electrons. The highest BCUT2D eigenvalue weighted by Gasteiger charge is 2.40. The number of hydrogen-bond acceptors (Lipinski definition) is 1. The number of rotatable bonds is 2. The first-order valence-electron chi connectivity index (χ1n) is 6.80. The quantitative estimate of drug-likeness (QED) is 0.649. The van der Waals surface area contributed by atoms with Crippen molar-refractivity contribution in [3.05, 3.63) is 23.3 Å². The average Bonchev–Trinajstić information content (AvgIpc) is 2.60. The lowest BCUT2D eigenvalue weighted by molar-refractivity contribution is 0.246. The molecule has 1 unspecified atom stereocenters. The van der Waals surface area contributed by atoms with E-state index in [0.717, 1.165) is 0 Å². The van der Waals surface area contributed by atoms with Crippen LogP contribution in [-0.4, -0.2) is 14.4 Å². The van der Waals surface area contributed by atoms with E-state index in [1.165, 1.54) is 36.8 Å². The van der Waals surface area contributed by atoms with Gasteiger partial charge in [-0.15, -0.1) is 0 Å². The summed E-state index contributed by atoms with van der Waals surface area (Å²) in [6.45, 7) is 11.6. The summed E-state index contributed by atoms with van der Waals surface area (Å²) in [5.41, 5.74) is 3.04. The minimum atomic E-state index is -1.66. The van der Waals surface area contributed by atoms with Crippen molar-refractivity contribution in [1.82, 2.24) is 0 Å². The lowest BCUT2D eigenvalue weighted by atomic mass is 9.93. The lowest BCUT2D eigenvalue weighted by Gasteiger charge is -2.39. The molecule has 0 amide bonds. The molecule has 1 nitrogen and oxygen atoms in total. The third-order valence-electron chi connectivity index (χ3n) is 4.50. The molecule has 0 spiro atoms. The Hall–Kier alpha value is -0.343. The highest BCUT2D eigenvalue weighted by molar-refractivity contribution is 6.74. The van der Waals surface area contributed by atoms with Crippen molar-refractivity contribution in [2.75, 3.05) is 0 Å². The maximum absolute atomic E-state index is 6.47. The second kappa shape index (κ2) is 4.40. The van der Waals surface area contributed by atoms with Crippen LogP contribution in [0.4, 0.5) is 0 Å². The monoisotopic (exact) mass is 249 g/mol. The molecule has 2 aliphatic rings. The van der Waals surface area contributed by atoms with Gasteiger partial charge in [-0.2, -0.15) is 0 Å². The summed E-state index contributed by atoms with van der Waals surface area (Å²) >= 11 is 0. The normalized spacial score (nSPS) is 25.4. The van der Waals surface area contributed by atoms with Crippen molar-refractivity contribution < 1.29 is 4.43 Å². The molecule has 17 heavy (non-hydrogen) atoms. The Morgan fingerprint density at radius 1 is 1.24 bits per heavy atom. The molecule has 1 radical (unpaired) electrons. The van der Waals surface area contributed by atoms with Crippen LogP contribution in [0.2, 0.25) is 18.1 Å². The first-order valence-corrected chi connectivity index (χ1v) is 9.71. The second-order valence-electron chi connectivity index (χ2n) is 6.83. The summed E-state index contributed by atoms with van der Waals surface area (Å²) in [7, 11) is -1.66. The van der Waals surface area contributed by atoms with Crippen LogP contribution >= 0.6 is 0 Å². The zero-order chi connectivity index (χ0) is 12.7. The van der Waals surface area contributed by atoms with Gasteiger partial charge in [0.15, 0.2) is 8.32 Å². The van der Waals surface area contributed by atoms with Gasteiger partial charge in [0.2, 0.25) is 0 Å². The SMILES string of the molecule is CC(C)(C)[Si](C)(C)OC1[C]=CC2=C1CCCC2. The van der Waals surface area contributed by atoms with Crippen LogP contribution in [0.1, 0.15) is 46.5 Å². The third-order valence-corrected chi connectivity index (χ3v) is 8.94. The van der Waals surface area contributed by atoms with Gasteiger partial charge in [-0.25, -0.2) is 0 Å². The molecule has 0 N–H and O–H groups in total. The van der Waals surface area contributed by atoms with Crippen LogP contribution in [0.3, 0.4) is 0 Å². The molecule has 1 atom stereocenters. The minimum Gasteiger partial charge on any atom is -0.406 e. The maximum atomic E-state index is 6.47. The van der Waals surface area contributed by atoms with Gasteiger partial charge in [0.1, 0.15) is 0 Å². The fourth-order valence-electron chi connectivity index (χ4n) is 2.27. The number of hydrogen-bond donors (Lipinski definition) is 0. The molecule has 0 heterocycles. The zero-order valence-electron chi connectivity index (χ0n) is 11.9. The molecule has 2 rings (SSSR count). The van der Waals surface area contributed by atoms with E-state index in [-0.39, 0.29) is 11.1 Å². The Kier molecular flexibility index (Phi) is 3.39. The van der Waals surface area contributed by atoms with E-state index >= 15 is 0 Å². The van der Waals surface area contributed by atoms with Gasteiger partial charge in [0.05, 0.1) is 6.10 Å². The Balaban J connectivity index is 2.11. The standard InChI is InChI=1S/C15H25OSi/c1-15(2,3)17(4,5)16-14-11-10-12-8-6-7-9-13(12)14/h10,14H,6-9H2,1-5H3. The van der Waals surface area contributed by atoms with Gasteiger partial charge >= 0.3 is 0 Å². The van der Waals surface area contributed by atoms with Gasteiger partial charge < -0.3 is 4.43 Å². The second-order valence-corrected chi connectivity index (χ2v) is 11.6. The predicted octanol–water partition coefficient (Wildman–Crippen LogP) is 4.62. The van der Waals surface area contributed by atoms with E-state index in [1.807, 2.05) is 0 Å². The van der Waals surface area contributed by atoms with Gasteiger partial charge in [-0.3, -0.25) is 0 Å². The van der Waals surface area contributed by atoms with E-state index in [1.54, 1.807) is 0 Å². The van der Waals surface area contributed by atoms with Crippen LogP contribution in [0, 0.1) is 6.08 Å². The molecule has 0 aromatic rings. The molecule has 0 fully saturated rings. The first kappa shape index (κ1) is 13.1. The smallest absolute Gasteiger partial charge is 0.193 e. The topological polar surface area (TPSA) is 9.23 Å². The van der Waals surface area contributed by atoms with E-state index in [9.17, 15) is 0 Å². The van der Waals surface area contributed by atoms with E-state index in [2.05, 4.69) is 46.0 Å². The summed E-state index contributed by atoms with van der Waals surface area (Å²) in [4.78, 5) is 0. The van der Waals surface area contributed by atoms with E-state index in [0.29, 0.717) is 0 Å². The van der Waals surface area contributed by atoms with Crippen LogP contribution in [0.15, 0.2) is 17.2 Å². The highest BCUT2D eigenvalue weighted by atomic mass is 28.4. The van der Waals surface area contributed by atoms with Crippen molar-refractivity contribution in [2.24, 2.45) is 0 Å². The summed E-state index contributed by atoms with van der Waals surface area (Å²) in [5, 5.41) is 0.284. The van der Waals surface area contributed by atoms with Crippen LogP contribution < -0.4 is 0 Å². The molecule has 2 aliphatic carbocycles. The van der Waals surface area contributed by atoms with Gasteiger partial charge in [0.25, 0.3) is 0 Å². The fourth-order valence-corrected chi connectivity index (χ4v) is 3.42. The third kappa shape index (κ3) is 2.58. The summed E-state index contributed by atoms with van der Waals surface area (Å²) < 4.78 is 6.47. The molecular weight excluding hydrogens is 224 g/mol. The van der Waals surface area contributed by atoms with Gasteiger partial charge in [0, 0.05) is 0 Å². The Morgan fingerprint density at radius 2 is 1.88 bits per heavy atom. The summed E-state index contributed by atoms with van der Waals surface area (Å²) in [5.74, 6) is 0. The largest absolute Gasteiger partial charge is 0.406 e. The van der Waals surface area contributed by atoms with Crippen LogP contribution in [-0.2, 0) is 4.43 Å². The average molecular weight is 249 g/mol. The van der Waals surface area contributed by atoms with Crippen molar-refractivity contribution >= 4 is 8.32 Å². The Labute approximate surface area is 107 Å². The van der Waals surface area contributed by atoms with Crippen LogP contribution in [0.5, 0.6) is 0 Å². The van der Waals surface area contributed by atoms with Crippen molar-refractivity contribution in [2.45, 2.75) is 70.7 Å². The fraction of sp³-hybridized carbons (Fsp3) is 0.733. The molecule has 0 aromatic heterocycles. The van der Waals surface area contributed by atoms with Crippen molar-refractivity contribution in [3.63, 3.8) is 0 Å². The van der Waals surface area contributed by atoms with Gasteiger partial charge in [-0.05, 0) is 61.0 Å². The Bertz CT molecular complexity index is 358. The summed E-state index contributed by atoms with van der Waals surface area (Å²) in [6, 6.07) is 0.